The summed E-state index contributed by atoms with van der Waals surface area (Å²) in [7, 11) is 1.52. The minimum atomic E-state index is -0.853. The van der Waals surface area contributed by atoms with Crippen LogP contribution in [0.5, 0.6) is 11.5 Å². The van der Waals surface area contributed by atoms with Crippen molar-refractivity contribution in [3.8, 4) is 11.5 Å². The van der Waals surface area contributed by atoms with Crippen molar-refractivity contribution in [2.45, 2.75) is 12.6 Å². The van der Waals surface area contributed by atoms with E-state index >= 15 is 0 Å². The smallest absolute Gasteiger partial charge is 0.300 e. The number of aliphatic hydroxyl groups is 1. The molecule has 0 spiro atoms. The first-order valence-corrected chi connectivity index (χ1v) is 11.8. The van der Waals surface area contributed by atoms with E-state index in [1.165, 1.54) is 12.0 Å². The Morgan fingerprint density at radius 2 is 1.49 bits per heavy atom. The second-order valence-electron chi connectivity index (χ2n) is 8.58. The van der Waals surface area contributed by atoms with E-state index in [-0.39, 0.29) is 11.3 Å². The standard InChI is InChI=1S/C31H25NO5/c1-36-25-16-9-13-23(19-25)29(33)27-28(32(31(35)30(27)34)24-14-6-3-7-15-24)22-12-8-17-26(18-22)37-20-21-10-4-2-5-11-21/h2-19,28,33H,20H2,1H3/b29-27-. The lowest BCUT2D eigenvalue weighted by molar-refractivity contribution is -0.132. The largest absolute Gasteiger partial charge is 0.507 e. The third kappa shape index (κ3) is 4.82. The number of Topliss-reactive ketones (excluding diaryl/α,β-unsaturated/α-hetero) is 1. The average molecular weight is 492 g/mol. The molecule has 1 N–H and O–H groups in total. The summed E-state index contributed by atoms with van der Waals surface area (Å²) in [6, 6.07) is 31.9. The number of ketones is 1. The highest BCUT2D eigenvalue weighted by Gasteiger charge is 2.47. The lowest BCUT2D eigenvalue weighted by Crippen LogP contribution is -2.29. The third-order valence-electron chi connectivity index (χ3n) is 6.24. The normalized spacial score (nSPS) is 16.6. The molecule has 0 aromatic heterocycles. The maximum Gasteiger partial charge on any atom is 0.300 e. The van der Waals surface area contributed by atoms with E-state index in [1.807, 2.05) is 54.6 Å². The Hall–Kier alpha value is -4.84. The topological polar surface area (TPSA) is 76.1 Å². The molecule has 1 aliphatic heterocycles. The number of benzene rings is 4. The molecule has 1 fully saturated rings. The van der Waals surface area contributed by atoms with E-state index in [1.54, 1.807) is 54.6 Å². The van der Waals surface area contributed by atoms with Gasteiger partial charge in [-0.15, -0.1) is 0 Å². The van der Waals surface area contributed by atoms with Crippen LogP contribution in [0.3, 0.4) is 0 Å². The van der Waals surface area contributed by atoms with Crippen molar-refractivity contribution in [3.63, 3.8) is 0 Å². The molecule has 0 radical (unpaired) electrons. The number of aliphatic hydroxyl groups excluding tert-OH is 1. The fourth-order valence-electron chi connectivity index (χ4n) is 4.44. The number of carbonyl (C=O) groups excluding carboxylic acids is 2. The number of ether oxygens (including phenoxy) is 2. The van der Waals surface area contributed by atoms with Crippen LogP contribution in [0.1, 0.15) is 22.7 Å². The summed E-state index contributed by atoms with van der Waals surface area (Å²) in [6.07, 6.45) is 0. The Morgan fingerprint density at radius 3 is 2.22 bits per heavy atom. The van der Waals surface area contributed by atoms with Crippen LogP contribution in [-0.2, 0) is 16.2 Å². The quantitative estimate of drug-likeness (QED) is 0.198. The number of carbonyl (C=O) groups is 2. The minimum Gasteiger partial charge on any atom is -0.507 e. The molecule has 1 amide bonds. The molecule has 0 aliphatic carbocycles. The Labute approximate surface area is 215 Å². The molecule has 37 heavy (non-hydrogen) atoms. The number of methoxy groups -OCH3 is 1. The van der Waals surface area contributed by atoms with E-state index in [0.29, 0.717) is 34.9 Å². The zero-order chi connectivity index (χ0) is 25.8. The molecule has 5 rings (SSSR count). The fourth-order valence-corrected chi connectivity index (χ4v) is 4.44. The monoisotopic (exact) mass is 491 g/mol. The number of anilines is 1. The van der Waals surface area contributed by atoms with Crippen LogP contribution in [0.4, 0.5) is 5.69 Å². The van der Waals surface area contributed by atoms with Gasteiger partial charge in [-0.05, 0) is 47.5 Å². The molecule has 6 nitrogen and oxygen atoms in total. The summed E-state index contributed by atoms with van der Waals surface area (Å²) in [4.78, 5) is 28.1. The van der Waals surface area contributed by atoms with Crippen LogP contribution in [-0.4, -0.2) is 23.9 Å². The first kappa shape index (κ1) is 23.9. The van der Waals surface area contributed by atoms with Gasteiger partial charge in [-0.1, -0.05) is 72.8 Å². The second kappa shape index (κ2) is 10.4. The van der Waals surface area contributed by atoms with Crippen molar-refractivity contribution in [2.24, 2.45) is 0 Å². The Morgan fingerprint density at radius 1 is 0.811 bits per heavy atom. The number of nitrogens with zero attached hydrogens (tertiary/aromatic N) is 1. The van der Waals surface area contributed by atoms with E-state index in [0.717, 1.165) is 5.56 Å². The first-order chi connectivity index (χ1) is 18.1. The van der Waals surface area contributed by atoms with Gasteiger partial charge in [0.05, 0.1) is 18.7 Å². The summed E-state index contributed by atoms with van der Waals surface area (Å²) in [5, 5.41) is 11.3. The van der Waals surface area contributed by atoms with Crippen molar-refractivity contribution in [3.05, 3.63) is 131 Å². The Kier molecular flexibility index (Phi) is 6.72. The van der Waals surface area contributed by atoms with Gasteiger partial charge in [0.25, 0.3) is 11.7 Å². The van der Waals surface area contributed by atoms with Crippen LogP contribution in [0.25, 0.3) is 5.76 Å². The van der Waals surface area contributed by atoms with Crippen molar-refractivity contribution in [1.82, 2.24) is 0 Å². The highest BCUT2D eigenvalue weighted by molar-refractivity contribution is 6.51. The summed E-state index contributed by atoms with van der Waals surface area (Å²) >= 11 is 0. The number of hydrogen-bond donors (Lipinski definition) is 1. The van der Waals surface area contributed by atoms with Crippen LogP contribution in [0.15, 0.2) is 115 Å². The van der Waals surface area contributed by atoms with Gasteiger partial charge in [0.15, 0.2) is 0 Å². The van der Waals surface area contributed by atoms with Crippen molar-refractivity contribution in [2.75, 3.05) is 12.0 Å². The van der Waals surface area contributed by atoms with E-state index in [2.05, 4.69) is 0 Å². The molecule has 4 aromatic rings. The molecule has 1 aliphatic rings. The summed E-state index contributed by atoms with van der Waals surface area (Å²) < 4.78 is 11.3. The molecular formula is C31H25NO5. The molecule has 6 heteroatoms. The van der Waals surface area contributed by atoms with Gasteiger partial charge in [-0.25, -0.2) is 0 Å². The van der Waals surface area contributed by atoms with Gasteiger partial charge in [0.2, 0.25) is 0 Å². The second-order valence-corrected chi connectivity index (χ2v) is 8.58. The highest BCUT2D eigenvalue weighted by Crippen LogP contribution is 2.43. The van der Waals surface area contributed by atoms with Gasteiger partial charge in [-0.3, -0.25) is 14.5 Å². The molecule has 184 valence electrons. The number of amides is 1. The molecule has 4 aromatic carbocycles. The number of para-hydroxylation sites is 1. The predicted octanol–water partition coefficient (Wildman–Crippen LogP) is 5.90. The zero-order valence-corrected chi connectivity index (χ0v) is 20.2. The van der Waals surface area contributed by atoms with Crippen molar-refractivity contribution >= 4 is 23.1 Å². The Bertz CT molecular complexity index is 1460. The maximum atomic E-state index is 13.4. The molecular weight excluding hydrogens is 466 g/mol. The molecule has 1 unspecified atom stereocenters. The van der Waals surface area contributed by atoms with E-state index in [4.69, 9.17) is 9.47 Å². The van der Waals surface area contributed by atoms with Crippen LogP contribution in [0, 0.1) is 0 Å². The van der Waals surface area contributed by atoms with Gasteiger partial charge in [0, 0.05) is 11.3 Å². The SMILES string of the molecule is COc1cccc(/C(O)=C2/C(=O)C(=O)N(c3ccccc3)C2c2cccc(OCc3ccccc3)c2)c1. The van der Waals surface area contributed by atoms with Gasteiger partial charge < -0.3 is 14.6 Å². The van der Waals surface area contributed by atoms with Crippen LogP contribution < -0.4 is 14.4 Å². The third-order valence-corrected chi connectivity index (χ3v) is 6.24. The Balaban J connectivity index is 1.61. The maximum absolute atomic E-state index is 13.4. The lowest BCUT2D eigenvalue weighted by atomic mass is 9.95. The van der Waals surface area contributed by atoms with E-state index < -0.39 is 17.7 Å². The van der Waals surface area contributed by atoms with Crippen molar-refractivity contribution in [1.29, 1.82) is 0 Å². The predicted molar refractivity (Wildman–Crippen MR) is 141 cm³/mol. The number of rotatable bonds is 7. The van der Waals surface area contributed by atoms with Crippen LogP contribution >= 0.6 is 0 Å². The first-order valence-electron chi connectivity index (χ1n) is 11.8. The van der Waals surface area contributed by atoms with E-state index in [9.17, 15) is 14.7 Å². The summed E-state index contributed by atoms with van der Waals surface area (Å²) in [5.74, 6) is -0.632. The van der Waals surface area contributed by atoms with Crippen molar-refractivity contribution < 1.29 is 24.2 Å². The minimum absolute atomic E-state index is 0.00214. The zero-order valence-electron chi connectivity index (χ0n) is 20.2. The molecule has 0 saturated carbocycles. The van der Waals surface area contributed by atoms with Crippen LogP contribution in [0.2, 0.25) is 0 Å². The molecule has 1 saturated heterocycles. The average Bonchev–Trinajstić information content (AvgIpc) is 3.22. The molecule has 0 bridgehead atoms. The molecule has 1 atom stereocenters. The van der Waals surface area contributed by atoms with Gasteiger partial charge in [0.1, 0.15) is 23.9 Å². The highest BCUT2D eigenvalue weighted by atomic mass is 16.5. The van der Waals surface area contributed by atoms with Gasteiger partial charge >= 0.3 is 0 Å². The summed E-state index contributed by atoms with van der Waals surface area (Å²) in [6.45, 7) is 0.368. The van der Waals surface area contributed by atoms with Gasteiger partial charge in [-0.2, -0.15) is 0 Å². The molecule has 1 heterocycles. The number of hydrogen-bond acceptors (Lipinski definition) is 5. The fraction of sp³-hybridized carbons (Fsp3) is 0.0968. The lowest BCUT2D eigenvalue weighted by Gasteiger charge is -2.25. The summed E-state index contributed by atoms with van der Waals surface area (Å²) in [5.41, 5.74) is 2.59.